The first-order chi connectivity index (χ1) is 32.0. The highest BCUT2D eigenvalue weighted by Gasteiger charge is 2.51. The molecule has 0 bridgehead atoms. The minimum Gasteiger partial charge on any atom is -0.497 e. The quantitative estimate of drug-likeness (QED) is 0.0317. The van der Waals surface area contributed by atoms with Gasteiger partial charge in [-0.05, 0) is 75.1 Å². The zero-order valence-corrected chi connectivity index (χ0v) is 40.7. The summed E-state index contributed by atoms with van der Waals surface area (Å²) in [6, 6.07) is 27.6. The third-order valence-electron chi connectivity index (χ3n) is 11.8. The van der Waals surface area contributed by atoms with Crippen molar-refractivity contribution in [1.29, 1.82) is 5.26 Å². The van der Waals surface area contributed by atoms with E-state index >= 15 is 0 Å². The third-order valence-corrected chi connectivity index (χ3v) is 13.9. The van der Waals surface area contributed by atoms with Gasteiger partial charge in [0.15, 0.2) is 6.23 Å². The molecule has 1 aliphatic heterocycles. The first-order valence-electron chi connectivity index (χ1n) is 23.5. The van der Waals surface area contributed by atoms with Crippen molar-refractivity contribution < 1.29 is 32.8 Å². The zero-order valence-electron chi connectivity index (χ0n) is 39.8. The number of methoxy groups -OCH3 is 2. The van der Waals surface area contributed by atoms with Gasteiger partial charge in [-0.1, -0.05) is 113 Å². The van der Waals surface area contributed by atoms with Crippen LogP contribution in [0.5, 0.6) is 11.5 Å². The van der Waals surface area contributed by atoms with E-state index in [2.05, 4.69) is 28.0 Å². The van der Waals surface area contributed by atoms with Gasteiger partial charge in [-0.15, -0.1) is 0 Å². The molecule has 2 heterocycles. The van der Waals surface area contributed by atoms with E-state index in [1.54, 1.807) is 14.2 Å². The molecule has 1 amide bonds. The van der Waals surface area contributed by atoms with Gasteiger partial charge in [-0.3, -0.25) is 19.1 Å². The van der Waals surface area contributed by atoms with Crippen LogP contribution in [0.25, 0.3) is 0 Å². The molecule has 0 aliphatic carbocycles. The molecule has 3 aromatic carbocycles. The molecule has 5 rings (SSSR count). The van der Waals surface area contributed by atoms with Crippen molar-refractivity contribution >= 4 is 14.4 Å². The second kappa shape index (κ2) is 26.5. The van der Waals surface area contributed by atoms with E-state index in [0.29, 0.717) is 17.9 Å². The Bertz CT molecular complexity index is 2160. The highest BCUT2D eigenvalue weighted by atomic mass is 31.2. The maximum Gasteiger partial charge on any atom is 0.330 e. The summed E-state index contributed by atoms with van der Waals surface area (Å²) in [6.45, 7) is 10.4. The fourth-order valence-corrected chi connectivity index (χ4v) is 10.3. The molecule has 1 aromatic heterocycles. The van der Waals surface area contributed by atoms with Gasteiger partial charge in [0.2, 0.25) is 5.91 Å². The Hall–Kier alpha value is -4.87. The molecule has 1 saturated heterocycles. The number of ether oxygens (including phenoxy) is 4. The van der Waals surface area contributed by atoms with Crippen molar-refractivity contribution in [3.63, 3.8) is 0 Å². The van der Waals surface area contributed by atoms with Gasteiger partial charge in [-0.25, -0.2) is 9.46 Å². The first-order valence-corrected chi connectivity index (χ1v) is 24.6. The highest BCUT2D eigenvalue weighted by molar-refractivity contribution is 7.44. The Morgan fingerprint density at radius 2 is 1.39 bits per heavy atom. The number of aromatic amines is 1. The Morgan fingerprint density at radius 3 is 1.92 bits per heavy atom. The van der Waals surface area contributed by atoms with Crippen LogP contribution in [0.1, 0.15) is 128 Å². The molecule has 15 heteroatoms. The Kier molecular flexibility index (Phi) is 20.9. The van der Waals surface area contributed by atoms with Crippen LogP contribution in [0, 0.1) is 11.3 Å². The molecule has 4 aromatic rings. The van der Waals surface area contributed by atoms with E-state index in [-0.39, 0.29) is 44.0 Å². The molecule has 1 aliphatic rings. The van der Waals surface area contributed by atoms with Crippen LogP contribution in [0.4, 0.5) is 0 Å². The van der Waals surface area contributed by atoms with E-state index in [4.69, 9.17) is 28.0 Å². The SMILES string of the molecule is CCCCCCCCCCCC(=O)N[C@@H]1[C@H](OP(OCCC#N)N(C(C)C)C(C)C)[C@@H](COC(c2ccccc2)(c2ccc(OC)cc2)c2ccc(OC)cc2)O[C@H]1n1ccc(=O)[nH]c1=O. The molecular formula is C51H70N5O9P. The van der Waals surface area contributed by atoms with Gasteiger partial charge in [-0.2, -0.15) is 5.26 Å². The summed E-state index contributed by atoms with van der Waals surface area (Å²) in [5.41, 5.74) is -0.115. The molecule has 5 atom stereocenters. The zero-order chi connectivity index (χ0) is 47.5. The van der Waals surface area contributed by atoms with Gasteiger partial charge in [0.25, 0.3) is 14.1 Å². The summed E-state index contributed by atoms with van der Waals surface area (Å²) >= 11 is 0. The fraction of sp³-hybridized carbons (Fsp3) is 0.529. The molecule has 0 radical (unpaired) electrons. The number of carbonyl (C=O) groups excluding carboxylic acids is 1. The Labute approximate surface area is 391 Å². The number of nitrogens with one attached hydrogen (secondary N) is 2. The number of carbonyl (C=O) groups is 1. The number of amides is 1. The maximum absolute atomic E-state index is 14.1. The lowest BCUT2D eigenvalue weighted by molar-refractivity contribution is -0.123. The Morgan fingerprint density at radius 1 is 0.833 bits per heavy atom. The van der Waals surface area contributed by atoms with Crippen LogP contribution < -0.4 is 26.0 Å². The van der Waals surface area contributed by atoms with Crippen molar-refractivity contribution in [1.82, 2.24) is 19.5 Å². The molecule has 0 saturated carbocycles. The van der Waals surface area contributed by atoms with Crippen LogP contribution in [0.2, 0.25) is 0 Å². The minimum absolute atomic E-state index is 0.0385. The van der Waals surface area contributed by atoms with Crippen molar-refractivity contribution in [2.45, 2.75) is 147 Å². The Balaban J connectivity index is 1.60. The van der Waals surface area contributed by atoms with Crippen molar-refractivity contribution in [2.24, 2.45) is 0 Å². The van der Waals surface area contributed by atoms with E-state index < -0.39 is 49.9 Å². The second-order valence-electron chi connectivity index (χ2n) is 17.2. The molecule has 66 heavy (non-hydrogen) atoms. The lowest BCUT2D eigenvalue weighted by Gasteiger charge is -2.39. The smallest absolute Gasteiger partial charge is 0.330 e. The molecule has 2 N–H and O–H groups in total. The standard InChI is InChI=1S/C51H70N5O9P/c1-8-9-10-11-12-13-14-15-19-23-45(57)53-47-48(65-66(63-35-20-33-52)56(37(2)3)38(4)5)44(64-49(47)55-34-32-46(58)54-50(55)59)36-62-51(39-21-17-16-18-22-39,40-24-28-42(60-6)29-25-40)41-26-30-43(61-7)31-27-41/h16-18,21-22,24-32,34,37-38,44,47-49H,8-15,19-20,23,35-36H2,1-7H3,(H,53,57)(H,54,58,59)/t44-,47-,48-,49-,66?/m1/s1. The lowest BCUT2D eigenvalue weighted by atomic mass is 9.80. The predicted molar refractivity (Wildman–Crippen MR) is 257 cm³/mol. The number of benzene rings is 3. The average Bonchev–Trinajstić information content (AvgIpc) is 3.64. The van der Waals surface area contributed by atoms with Gasteiger partial charge >= 0.3 is 5.69 Å². The summed E-state index contributed by atoms with van der Waals surface area (Å²) < 4.78 is 42.4. The molecule has 14 nitrogen and oxygen atoms in total. The summed E-state index contributed by atoms with van der Waals surface area (Å²) in [6.07, 6.45) is 8.67. The van der Waals surface area contributed by atoms with Gasteiger partial charge in [0, 0.05) is 30.8 Å². The number of hydrogen-bond acceptors (Lipinski definition) is 11. The number of rotatable bonds is 28. The molecule has 0 spiro atoms. The largest absolute Gasteiger partial charge is 0.497 e. The number of hydrogen-bond donors (Lipinski definition) is 2. The lowest BCUT2D eigenvalue weighted by Crippen LogP contribution is -2.50. The molecular weight excluding hydrogens is 858 g/mol. The maximum atomic E-state index is 14.1. The number of nitrogens with zero attached hydrogens (tertiary/aromatic N) is 3. The average molecular weight is 928 g/mol. The monoisotopic (exact) mass is 927 g/mol. The van der Waals surface area contributed by atoms with Crippen molar-refractivity contribution in [2.75, 3.05) is 27.4 Å². The van der Waals surface area contributed by atoms with Crippen LogP contribution in [0.15, 0.2) is 101 Å². The molecule has 1 fully saturated rings. The van der Waals surface area contributed by atoms with Crippen LogP contribution in [-0.4, -0.2) is 77.9 Å². The number of aromatic nitrogens is 2. The van der Waals surface area contributed by atoms with Crippen LogP contribution in [-0.2, 0) is 28.9 Å². The van der Waals surface area contributed by atoms with E-state index in [0.717, 1.165) is 36.0 Å². The summed E-state index contributed by atoms with van der Waals surface area (Å²) in [7, 11) is 1.35. The van der Waals surface area contributed by atoms with Gasteiger partial charge in [0.1, 0.15) is 35.3 Å². The van der Waals surface area contributed by atoms with Crippen LogP contribution >= 0.6 is 8.53 Å². The fourth-order valence-electron chi connectivity index (χ4n) is 8.56. The van der Waals surface area contributed by atoms with Crippen molar-refractivity contribution in [3.8, 4) is 17.6 Å². The summed E-state index contributed by atoms with van der Waals surface area (Å²) in [5, 5.41) is 12.7. The highest BCUT2D eigenvalue weighted by Crippen LogP contribution is 2.51. The topological polar surface area (TPSA) is 166 Å². The van der Waals surface area contributed by atoms with Crippen LogP contribution in [0.3, 0.4) is 0 Å². The van der Waals surface area contributed by atoms with E-state index in [1.165, 1.54) is 48.9 Å². The predicted octanol–water partition coefficient (Wildman–Crippen LogP) is 9.53. The normalized spacial score (nSPS) is 17.8. The summed E-state index contributed by atoms with van der Waals surface area (Å²) in [4.78, 5) is 42.5. The first kappa shape index (κ1) is 52.1. The van der Waals surface area contributed by atoms with E-state index in [1.807, 2.05) is 107 Å². The van der Waals surface area contributed by atoms with Gasteiger partial charge in [0.05, 0.1) is 39.9 Å². The number of H-pyrrole nitrogens is 1. The minimum atomic E-state index is -1.89. The third kappa shape index (κ3) is 13.8. The summed E-state index contributed by atoms with van der Waals surface area (Å²) in [5.74, 6) is 1.12. The molecule has 358 valence electrons. The van der Waals surface area contributed by atoms with E-state index in [9.17, 15) is 19.6 Å². The number of unbranched alkanes of at least 4 members (excludes halogenated alkanes) is 8. The van der Waals surface area contributed by atoms with Gasteiger partial charge < -0.3 is 33.3 Å². The second-order valence-corrected chi connectivity index (χ2v) is 18.6. The van der Waals surface area contributed by atoms with Crippen molar-refractivity contribution in [3.05, 3.63) is 129 Å². The number of nitriles is 1. The molecule has 1 unspecified atom stereocenters.